The second-order valence-corrected chi connectivity index (χ2v) is 5.01. The van der Waals surface area contributed by atoms with Crippen LogP contribution in [0.2, 0.25) is 0 Å². The van der Waals surface area contributed by atoms with E-state index in [0.29, 0.717) is 19.3 Å². The first-order valence-electron chi connectivity index (χ1n) is 6.39. The molecule has 0 bridgehead atoms. The fraction of sp³-hybridized carbons (Fsp3) is 0.917. The smallest absolute Gasteiger partial charge is 0.317 e. The highest BCUT2D eigenvalue weighted by Crippen LogP contribution is 2.23. The number of rotatable bonds is 1. The molecule has 92 valence electrons. The maximum atomic E-state index is 11.9. The van der Waals surface area contributed by atoms with Crippen molar-refractivity contribution in [1.29, 1.82) is 0 Å². The second-order valence-electron chi connectivity index (χ2n) is 5.01. The van der Waals surface area contributed by atoms with Gasteiger partial charge in [0.25, 0.3) is 0 Å². The van der Waals surface area contributed by atoms with Crippen LogP contribution in [0.25, 0.3) is 0 Å². The van der Waals surface area contributed by atoms with Crippen LogP contribution >= 0.6 is 0 Å². The number of hydrogen-bond donors (Lipinski definition) is 1. The normalized spacial score (nSPS) is 31.2. The van der Waals surface area contributed by atoms with Crippen molar-refractivity contribution < 1.29 is 9.53 Å². The van der Waals surface area contributed by atoms with Crippen LogP contribution in [0.5, 0.6) is 0 Å². The van der Waals surface area contributed by atoms with Crippen molar-refractivity contribution in [2.75, 3.05) is 26.3 Å². The lowest BCUT2D eigenvalue weighted by Crippen LogP contribution is -2.49. The summed E-state index contributed by atoms with van der Waals surface area (Å²) in [6, 6.07) is 0.495. The van der Waals surface area contributed by atoms with Gasteiger partial charge in [0.2, 0.25) is 0 Å². The predicted molar refractivity (Wildman–Crippen MR) is 62.3 cm³/mol. The zero-order valence-corrected chi connectivity index (χ0v) is 10.1. The molecular weight excluding hydrogens is 204 g/mol. The Bertz CT molecular complexity index is 231. The minimum Gasteiger partial charge on any atom is -0.378 e. The van der Waals surface area contributed by atoms with Crippen molar-refractivity contribution in [2.45, 2.75) is 38.6 Å². The van der Waals surface area contributed by atoms with Gasteiger partial charge in [-0.3, -0.25) is 0 Å². The van der Waals surface area contributed by atoms with Crippen molar-refractivity contribution in [3.8, 4) is 0 Å². The molecule has 1 saturated carbocycles. The number of nitrogens with zero attached hydrogens (tertiary/aromatic N) is 1. The molecule has 0 aromatic carbocycles. The van der Waals surface area contributed by atoms with Crippen LogP contribution in [0.4, 0.5) is 4.79 Å². The highest BCUT2D eigenvalue weighted by Gasteiger charge is 2.23. The number of carbonyl (C=O) groups is 1. The molecule has 2 rings (SSSR count). The average molecular weight is 226 g/mol. The third-order valence-electron chi connectivity index (χ3n) is 3.64. The molecule has 0 atom stereocenters. The number of nitrogens with one attached hydrogen (secondary N) is 1. The van der Waals surface area contributed by atoms with Gasteiger partial charge in [-0.2, -0.15) is 0 Å². The van der Waals surface area contributed by atoms with Crippen molar-refractivity contribution >= 4 is 6.03 Å². The quantitative estimate of drug-likeness (QED) is 0.738. The van der Waals surface area contributed by atoms with Gasteiger partial charge in [-0.05, 0) is 31.6 Å². The van der Waals surface area contributed by atoms with Crippen molar-refractivity contribution in [3.63, 3.8) is 0 Å². The first-order chi connectivity index (χ1) is 7.75. The third-order valence-corrected chi connectivity index (χ3v) is 3.64. The molecule has 16 heavy (non-hydrogen) atoms. The molecule has 1 heterocycles. The Hall–Kier alpha value is -0.770. The molecule has 2 fully saturated rings. The predicted octanol–water partition coefficient (Wildman–Crippen LogP) is 1.61. The Morgan fingerprint density at radius 1 is 1.19 bits per heavy atom. The number of ether oxygens (including phenoxy) is 1. The Morgan fingerprint density at radius 2 is 1.81 bits per heavy atom. The molecule has 0 aromatic rings. The second kappa shape index (κ2) is 5.53. The molecule has 4 nitrogen and oxygen atoms in total. The lowest BCUT2D eigenvalue weighted by molar-refractivity contribution is 0.0520. The van der Waals surface area contributed by atoms with Gasteiger partial charge in [0.05, 0.1) is 13.2 Å². The molecular formula is C12H22N2O2. The number of hydrogen-bond acceptors (Lipinski definition) is 2. The SMILES string of the molecule is C[C@H]1CC[C@H](NC(=O)N2CCOCC2)CC1. The van der Waals surface area contributed by atoms with Gasteiger partial charge in [0, 0.05) is 19.1 Å². The minimum atomic E-state index is 0.0999. The molecule has 2 aliphatic rings. The van der Waals surface area contributed by atoms with Crippen LogP contribution in [-0.4, -0.2) is 43.3 Å². The van der Waals surface area contributed by atoms with E-state index >= 15 is 0 Å². The molecule has 0 spiro atoms. The van der Waals surface area contributed by atoms with E-state index in [9.17, 15) is 4.79 Å². The molecule has 1 aliphatic carbocycles. The molecule has 2 amide bonds. The number of urea groups is 1. The zero-order chi connectivity index (χ0) is 11.4. The first-order valence-corrected chi connectivity index (χ1v) is 6.39. The van der Waals surface area contributed by atoms with Crippen LogP contribution in [0.15, 0.2) is 0 Å². The lowest BCUT2D eigenvalue weighted by Gasteiger charge is -2.31. The van der Waals surface area contributed by atoms with E-state index in [1.54, 1.807) is 0 Å². The highest BCUT2D eigenvalue weighted by molar-refractivity contribution is 5.74. The summed E-state index contributed by atoms with van der Waals surface area (Å²) in [5.74, 6) is 0.830. The lowest BCUT2D eigenvalue weighted by atomic mass is 9.87. The zero-order valence-electron chi connectivity index (χ0n) is 10.1. The van der Waals surface area contributed by atoms with Crippen molar-refractivity contribution in [1.82, 2.24) is 10.2 Å². The summed E-state index contributed by atoms with van der Waals surface area (Å²) in [7, 11) is 0. The van der Waals surface area contributed by atoms with Gasteiger partial charge in [0.15, 0.2) is 0 Å². The summed E-state index contributed by atoms with van der Waals surface area (Å²) >= 11 is 0. The fourth-order valence-corrected chi connectivity index (χ4v) is 2.44. The molecule has 1 N–H and O–H groups in total. The van der Waals surface area contributed by atoms with Gasteiger partial charge in [-0.25, -0.2) is 4.79 Å². The van der Waals surface area contributed by atoms with Crippen LogP contribution in [0.1, 0.15) is 32.6 Å². The topological polar surface area (TPSA) is 41.6 Å². The van der Waals surface area contributed by atoms with Crippen molar-refractivity contribution in [2.24, 2.45) is 5.92 Å². The van der Waals surface area contributed by atoms with E-state index in [-0.39, 0.29) is 6.03 Å². The summed E-state index contributed by atoms with van der Waals surface area (Å²) in [6.45, 7) is 5.11. The molecule has 4 heteroatoms. The maximum absolute atomic E-state index is 11.9. The Kier molecular flexibility index (Phi) is 4.04. The Morgan fingerprint density at radius 3 is 2.44 bits per heavy atom. The summed E-state index contributed by atoms with van der Waals surface area (Å²) in [5, 5.41) is 3.14. The Labute approximate surface area is 97.3 Å². The van der Waals surface area contributed by atoms with Crippen LogP contribution in [0, 0.1) is 5.92 Å². The highest BCUT2D eigenvalue weighted by atomic mass is 16.5. The number of morpholine rings is 1. The molecule has 0 unspecified atom stereocenters. The van der Waals surface area contributed by atoms with Crippen LogP contribution < -0.4 is 5.32 Å². The van der Waals surface area contributed by atoms with Gasteiger partial charge >= 0.3 is 6.03 Å². The standard InChI is InChI=1S/C12H22N2O2/c1-10-2-4-11(5-3-10)13-12(15)14-6-8-16-9-7-14/h10-11H,2-9H2,1H3,(H,13,15)/t10-,11-. The first kappa shape index (κ1) is 11.7. The van der Waals surface area contributed by atoms with E-state index in [0.717, 1.165) is 31.8 Å². The molecule has 1 aliphatic heterocycles. The van der Waals surface area contributed by atoms with Gasteiger partial charge in [-0.1, -0.05) is 6.92 Å². The van der Waals surface area contributed by atoms with Gasteiger partial charge in [0.1, 0.15) is 0 Å². The average Bonchev–Trinajstić information content (AvgIpc) is 2.33. The largest absolute Gasteiger partial charge is 0.378 e. The Balaban J connectivity index is 1.73. The number of amides is 2. The van der Waals surface area contributed by atoms with Crippen molar-refractivity contribution in [3.05, 3.63) is 0 Å². The van der Waals surface area contributed by atoms with Crippen LogP contribution in [-0.2, 0) is 4.74 Å². The van der Waals surface area contributed by atoms with Gasteiger partial charge in [-0.15, -0.1) is 0 Å². The molecule has 1 saturated heterocycles. The van der Waals surface area contributed by atoms with E-state index in [1.165, 1.54) is 12.8 Å². The van der Waals surface area contributed by atoms with E-state index in [1.807, 2.05) is 4.90 Å². The van der Waals surface area contributed by atoms with E-state index in [2.05, 4.69) is 12.2 Å². The maximum Gasteiger partial charge on any atom is 0.317 e. The fourth-order valence-electron chi connectivity index (χ4n) is 2.44. The third kappa shape index (κ3) is 3.11. The number of carbonyl (C=O) groups excluding carboxylic acids is 1. The molecule has 0 radical (unpaired) electrons. The van der Waals surface area contributed by atoms with Gasteiger partial charge < -0.3 is 15.0 Å². The molecule has 0 aromatic heterocycles. The van der Waals surface area contributed by atoms with E-state index < -0.39 is 0 Å². The summed E-state index contributed by atoms with van der Waals surface area (Å²) in [6.07, 6.45) is 4.76. The summed E-state index contributed by atoms with van der Waals surface area (Å²) < 4.78 is 5.23. The monoisotopic (exact) mass is 226 g/mol. The summed E-state index contributed by atoms with van der Waals surface area (Å²) in [4.78, 5) is 13.8. The summed E-state index contributed by atoms with van der Waals surface area (Å²) in [5.41, 5.74) is 0. The minimum absolute atomic E-state index is 0.0999. The van der Waals surface area contributed by atoms with Crippen LogP contribution in [0.3, 0.4) is 0 Å². The van der Waals surface area contributed by atoms with E-state index in [4.69, 9.17) is 4.74 Å².